The van der Waals surface area contributed by atoms with Crippen molar-refractivity contribution in [1.82, 2.24) is 4.98 Å². The van der Waals surface area contributed by atoms with E-state index >= 15 is 0 Å². The number of phenolic OH excluding ortho intramolecular Hbond substituents is 1. The summed E-state index contributed by atoms with van der Waals surface area (Å²) in [5.74, 6) is -0.140. The number of carbonyl (C=O) groups excluding carboxylic acids is 1. The summed E-state index contributed by atoms with van der Waals surface area (Å²) < 4.78 is 0. The van der Waals surface area contributed by atoms with Crippen LogP contribution < -0.4 is 5.32 Å². The second kappa shape index (κ2) is 5.01. The van der Waals surface area contributed by atoms with Crippen LogP contribution >= 0.6 is 0 Å². The summed E-state index contributed by atoms with van der Waals surface area (Å²) in [5.41, 5.74) is 1.71. The van der Waals surface area contributed by atoms with E-state index in [4.69, 9.17) is 0 Å². The Bertz CT molecular complexity index is 779. The lowest BCUT2D eigenvalue weighted by Crippen LogP contribution is -2.12. The molecule has 0 saturated heterocycles. The van der Waals surface area contributed by atoms with E-state index in [2.05, 4.69) is 10.3 Å². The maximum absolute atomic E-state index is 12.3. The number of benzene rings is 2. The summed E-state index contributed by atoms with van der Waals surface area (Å²) in [4.78, 5) is 16.6. The van der Waals surface area contributed by atoms with E-state index in [0.29, 0.717) is 16.8 Å². The molecule has 0 saturated carbocycles. The van der Waals surface area contributed by atoms with Crippen molar-refractivity contribution in [3.63, 3.8) is 0 Å². The Labute approximate surface area is 115 Å². The average molecular weight is 264 g/mol. The molecule has 0 fully saturated rings. The van der Waals surface area contributed by atoms with Crippen molar-refractivity contribution >= 4 is 22.5 Å². The molecular formula is C16H12N2O2. The van der Waals surface area contributed by atoms with E-state index < -0.39 is 0 Å². The molecule has 2 N–H and O–H groups in total. The number of fused-ring (bicyclic) bond motifs is 1. The van der Waals surface area contributed by atoms with Crippen molar-refractivity contribution in [2.75, 3.05) is 5.32 Å². The Morgan fingerprint density at radius 1 is 1.05 bits per heavy atom. The van der Waals surface area contributed by atoms with Crippen molar-refractivity contribution in [3.8, 4) is 5.75 Å². The molecule has 4 nitrogen and oxygen atoms in total. The molecule has 98 valence electrons. The van der Waals surface area contributed by atoms with Crippen LogP contribution in [0.2, 0.25) is 0 Å². The lowest BCUT2D eigenvalue weighted by atomic mass is 10.1. The molecule has 0 radical (unpaired) electrons. The van der Waals surface area contributed by atoms with Gasteiger partial charge in [-0.3, -0.25) is 9.78 Å². The van der Waals surface area contributed by atoms with Crippen molar-refractivity contribution < 1.29 is 9.90 Å². The monoisotopic (exact) mass is 264 g/mol. The fraction of sp³-hybridized carbons (Fsp3) is 0. The van der Waals surface area contributed by atoms with Crippen LogP contribution in [0.3, 0.4) is 0 Å². The van der Waals surface area contributed by atoms with E-state index in [9.17, 15) is 9.90 Å². The summed E-state index contributed by atoms with van der Waals surface area (Å²) in [7, 11) is 0. The van der Waals surface area contributed by atoms with Gasteiger partial charge in [-0.25, -0.2) is 0 Å². The van der Waals surface area contributed by atoms with Gasteiger partial charge in [0.2, 0.25) is 0 Å². The second-order valence-electron chi connectivity index (χ2n) is 4.39. The average Bonchev–Trinajstić information content (AvgIpc) is 2.46. The number of para-hydroxylation sites is 1. The zero-order valence-electron chi connectivity index (χ0n) is 10.6. The van der Waals surface area contributed by atoms with E-state index in [1.807, 2.05) is 24.3 Å². The first-order valence-electron chi connectivity index (χ1n) is 6.18. The number of anilines is 1. The quantitative estimate of drug-likeness (QED) is 0.747. The highest BCUT2D eigenvalue weighted by Crippen LogP contribution is 2.19. The van der Waals surface area contributed by atoms with E-state index in [1.165, 1.54) is 6.07 Å². The minimum atomic E-state index is -0.250. The molecule has 0 atom stereocenters. The van der Waals surface area contributed by atoms with Crippen LogP contribution in [0.4, 0.5) is 5.69 Å². The van der Waals surface area contributed by atoms with Gasteiger partial charge in [0.15, 0.2) is 0 Å². The molecule has 1 aromatic heterocycles. The number of rotatable bonds is 2. The standard InChI is InChI=1S/C16H12N2O2/c19-13-7-2-6-12(10-13)18-16(20)14-8-1-4-11-5-3-9-17-15(11)14/h1-10,19H,(H,18,20). The Balaban J connectivity index is 1.97. The molecule has 0 bridgehead atoms. The zero-order valence-corrected chi connectivity index (χ0v) is 10.6. The Hall–Kier alpha value is -2.88. The highest BCUT2D eigenvalue weighted by atomic mass is 16.3. The van der Waals surface area contributed by atoms with E-state index in [1.54, 1.807) is 30.5 Å². The van der Waals surface area contributed by atoms with Crippen LogP contribution in [0.1, 0.15) is 10.4 Å². The predicted molar refractivity (Wildman–Crippen MR) is 77.8 cm³/mol. The van der Waals surface area contributed by atoms with Crippen LogP contribution in [0.15, 0.2) is 60.8 Å². The summed E-state index contributed by atoms with van der Waals surface area (Å²) in [5, 5.41) is 13.1. The highest BCUT2D eigenvalue weighted by Gasteiger charge is 2.11. The number of phenols is 1. The number of carbonyl (C=O) groups is 1. The fourth-order valence-corrected chi connectivity index (χ4v) is 2.07. The molecule has 0 spiro atoms. The van der Waals surface area contributed by atoms with Crippen molar-refractivity contribution in [2.24, 2.45) is 0 Å². The minimum Gasteiger partial charge on any atom is -0.508 e. The van der Waals surface area contributed by atoms with Crippen LogP contribution in [0.25, 0.3) is 10.9 Å². The zero-order chi connectivity index (χ0) is 13.9. The Morgan fingerprint density at radius 2 is 1.85 bits per heavy atom. The summed E-state index contributed by atoms with van der Waals surface area (Å²) in [6, 6.07) is 15.6. The second-order valence-corrected chi connectivity index (χ2v) is 4.39. The minimum absolute atomic E-state index is 0.110. The van der Waals surface area contributed by atoms with Crippen LogP contribution in [0, 0.1) is 0 Å². The van der Waals surface area contributed by atoms with Gasteiger partial charge >= 0.3 is 0 Å². The first-order valence-corrected chi connectivity index (χ1v) is 6.18. The normalized spacial score (nSPS) is 10.4. The van der Waals surface area contributed by atoms with Gasteiger partial charge in [0.25, 0.3) is 5.91 Å². The molecule has 3 rings (SSSR count). The van der Waals surface area contributed by atoms with Crippen molar-refractivity contribution in [1.29, 1.82) is 0 Å². The Morgan fingerprint density at radius 3 is 2.70 bits per heavy atom. The van der Waals surface area contributed by atoms with Crippen LogP contribution in [0.5, 0.6) is 5.75 Å². The summed E-state index contributed by atoms with van der Waals surface area (Å²) in [6.07, 6.45) is 1.66. The van der Waals surface area contributed by atoms with Gasteiger partial charge < -0.3 is 10.4 Å². The number of nitrogens with zero attached hydrogens (tertiary/aromatic N) is 1. The van der Waals surface area contributed by atoms with Gasteiger partial charge in [-0.15, -0.1) is 0 Å². The fourth-order valence-electron chi connectivity index (χ4n) is 2.07. The molecule has 0 aliphatic heterocycles. The molecule has 3 aromatic rings. The summed E-state index contributed by atoms with van der Waals surface area (Å²) in [6.45, 7) is 0. The maximum Gasteiger partial charge on any atom is 0.257 e. The number of hydrogen-bond donors (Lipinski definition) is 2. The Kier molecular flexibility index (Phi) is 3.05. The smallest absolute Gasteiger partial charge is 0.257 e. The number of hydrogen-bond acceptors (Lipinski definition) is 3. The number of amides is 1. The van der Waals surface area contributed by atoms with Gasteiger partial charge in [0, 0.05) is 23.3 Å². The predicted octanol–water partition coefficient (Wildman–Crippen LogP) is 3.19. The molecule has 1 heterocycles. The van der Waals surface area contributed by atoms with Crippen molar-refractivity contribution in [3.05, 3.63) is 66.4 Å². The van der Waals surface area contributed by atoms with Gasteiger partial charge in [-0.05, 0) is 24.3 Å². The maximum atomic E-state index is 12.3. The lowest BCUT2D eigenvalue weighted by molar-refractivity contribution is 0.102. The van der Waals surface area contributed by atoms with Crippen LogP contribution in [-0.2, 0) is 0 Å². The SMILES string of the molecule is O=C(Nc1cccc(O)c1)c1cccc2cccnc12. The first kappa shape index (κ1) is 12.2. The third kappa shape index (κ3) is 2.31. The number of pyridine rings is 1. The third-order valence-electron chi connectivity index (χ3n) is 2.98. The number of nitrogens with one attached hydrogen (secondary N) is 1. The highest BCUT2D eigenvalue weighted by molar-refractivity contribution is 6.11. The number of aromatic hydroxyl groups is 1. The van der Waals surface area contributed by atoms with Gasteiger partial charge in [-0.2, -0.15) is 0 Å². The molecule has 1 amide bonds. The van der Waals surface area contributed by atoms with Gasteiger partial charge in [0.05, 0.1) is 11.1 Å². The van der Waals surface area contributed by atoms with Crippen molar-refractivity contribution in [2.45, 2.75) is 0 Å². The van der Waals surface area contributed by atoms with Gasteiger partial charge in [-0.1, -0.05) is 24.3 Å². The third-order valence-corrected chi connectivity index (χ3v) is 2.98. The number of aromatic nitrogens is 1. The molecule has 20 heavy (non-hydrogen) atoms. The molecule has 4 heteroatoms. The molecular weight excluding hydrogens is 252 g/mol. The van der Waals surface area contributed by atoms with E-state index in [0.717, 1.165) is 5.39 Å². The summed E-state index contributed by atoms with van der Waals surface area (Å²) >= 11 is 0. The van der Waals surface area contributed by atoms with Crippen LogP contribution in [-0.4, -0.2) is 16.0 Å². The molecule has 0 aliphatic rings. The molecule has 0 aliphatic carbocycles. The lowest BCUT2D eigenvalue weighted by Gasteiger charge is -2.07. The molecule has 2 aromatic carbocycles. The largest absolute Gasteiger partial charge is 0.508 e. The van der Waals surface area contributed by atoms with E-state index in [-0.39, 0.29) is 11.7 Å². The topological polar surface area (TPSA) is 62.2 Å². The molecule has 0 unspecified atom stereocenters. The first-order chi connectivity index (χ1) is 9.74. The van der Waals surface area contributed by atoms with Gasteiger partial charge in [0.1, 0.15) is 5.75 Å².